The van der Waals surface area contributed by atoms with Crippen LogP contribution in [0.2, 0.25) is 0 Å². The van der Waals surface area contributed by atoms with E-state index in [9.17, 15) is 11.0 Å². The van der Waals surface area contributed by atoms with E-state index in [2.05, 4.69) is 196 Å². The van der Waals surface area contributed by atoms with Crippen LogP contribution in [0.5, 0.6) is 11.5 Å². The molecule has 0 bridgehead atoms. The third-order valence-electron chi connectivity index (χ3n) is 17.5. The Morgan fingerprint density at radius 3 is 1.55 bits per heavy atom. The predicted octanol–water partition coefficient (Wildman–Crippen LogP) is 20.9. The molecule has 0 amide bonds. The SMILES string of the molecule is [2H]c1c([2H])c([2H])c2c(c1[2H])-c1cc(C(C)(C)C)cc(-n3c4ccccc4c4ccccc43)c1-[n+]1[c-]n(-c3[c-]c(Oc4[c-]c5c(cc4)c4ccccc4n5-c4cc(C(C)(C)C)ccn4)ccc3)c3cc(-c4cc(C(C)(C)C)cc(C(C)(C)C)c4)cc(c31)-c1c([2H])c([2H])c([2H])c([2H])c1-2.[Pt]. The standard InChI is InChI=1S/C82H71N5O.Pt/c1-79(2,3)53-38-39-83-76(47-53)87-72-35-22-19-32-66(72)67-37-36-59(49-73(67)87)88-58-25-23-24-57(48-58)84-50-85-77-68(42-52(43-74(77)84)51-40-54(80(4,5)6)44-55(41-51)81(7,8)9)62-28-15-13-26-60(62)61-27-14-16-29-63(61)69-45-56(82(10,11)12)46-75(78(69)85)86-70-33-20-17-30-64(70)65-31-18-21-34-71(65)86;/h13-47H,1-12H3;/q-2;/i13D,14D,15D,16D,26D,27D,28D,29D;. The Labute approximate surface area is 548 Å². The second-order valence-electron chi connectivity index (χ2n) is 27.6. The van der Waals surface area contributed by atoms with Crippen LogP contribution in [-0.2, 0) is 42.7 Å². The minimum absolute atomic E-state index is 0. The zero-order valence-corrected chi connectivity index (χ0v) is 54.3. The average Bonchev–Trinajstić information content (AvgIpc) is 1.65. The van der Waals surface area contributed by atoms with Crippen molar-refractivity contribution >= 4 is 54.6 Å². The molecule has 442 valence electrons. The Hall–Kier alpha value is -9.09. The summed E-state index contributed by atoms with van der Waals surface area (Å²) < 4.78 is 94.0. The first-order valence-electron chi connectivity index (χ1n) is 34.2. The molecule has 4 aromatic heterocycles. The molecule has 0 aliphatic carbocycles. The quantitative estimate of drug-likeness (QED) is 0.123. The van der Waals surface area contributed by atoms with Crippen molar-refractivity contribution in [3.8, 4) is 78.9 Å². The second-order valence-corrected chi connectivity index (χ2v) is 27.6. The molecule has 15 rings (SSSR count). The van der Waals surface area contributed by atoms with Gasteiger partial charge in [-0.2, -0.15) is 18.2 Å². The molecule has 6 nitrogen and oxygen atoms in total. The van der Waals surface area contributed by atoms with E-state index in [1.165, 1.54) is 0 Å². The van der Waals surface area contributed by atoms with Crippen LogP contribution in [0.3, 0.4) is 0 Å². The predicted molar refractivity (Wildman–Crippen MR) is 364 cm³/mol. The molecule has 0 saturated carbocycles. The molecule has 0 atom stereocenters. The summed E-state index contributed by atoms with van der Waals surface area (Å²) in [5.41, 5.74) is 11.5. The van der Waals surface area contributed by atoms with Crippen LogP contribution in [0.15, 0.2) is 212 Å². The van der Waals surface area contributed by atoms with Gasteiger partial charge in [0.15, 0.2) is 0 Å². The van der Waals surface area contributed by atoms with E-state index in [4.69, 9.17) is 9.72 Å². The maximum atomic E-state index is 10.3. The van der Waals surface area contributed by atoms with Gasteiger partial charge in [0.05, 0.1) is 44.4 Å². The van der Waals surface area contributed by atoms with Crippen molar-refractivity contribution in [1.29, 1.82) is 0 Å². The van der Waals surface area contributed by atoms with E-state index < -0.39 is 41.7 Å². The van der Waals surface area contributed by atoms with Gasteiger partial charge in [-0.1, -0.05) is 222 Å². The summed E-state index contributed by atoms with van der Waals surface area (Å²) in [5, 5.41) is 4.02. The summed E-state index contributed by atoms with van der Waals surface area (Å²) in [6.07, 6.45) is 5.75. The van der Waals surface area contributed by atoms with E-state index in [-0.39, 0.29) is 71.6 Å². The molecule has 0 fully saturated rings. The zero-order chi connectivity index (χ0) is 67.7. The van der Waals surface area contributed by atoms with Crippen LogP contribution >= 0.6 is 0 Å². The maximum absolute atomic E-state index is 10.3. The number of imidazole rings is 1. The van der Waals surface area contributed by atoms with Crippen LogP contribution in [-0.4, -0.2) is 18.7 Å². The van der Waals surface area contributed by atoms with Crippen LogP contribution < -0.4 is 9.30 Å². The van der Waals surface area contributed by atoms with Crippen molar-refractivity contribution in [2.24, 2.45) is 0 Å². The van der Waals surface area contributed by atoms with Crippen molar-refractivity contribution in [1.82, 2.24) is 18.7 Å². The molecule has 0 N–H and O–H groups in total. The third kappa shape index (κ3) is 9.74. The van der Waals surface area contributed by atoms with E-state index in [1.54, 1.807) is 0 Å². The molecule has 7 heteroatoms. The summed E-state index contributed by atoms with van der Waals surface area (Å²) in [6, 6.07) is 57.1. The summed E-state index contributed by atoms with van der Waals surface area (Å²) in [5.74, 6) is 1.57. The van der Waals surface area contributed by atoms with Gasteiger partial charge in [0.2, 0.25) is 0 Å². The number of aromatic nitrogens is 5. The Balaban J connectivity index is 0.00000807. The number of benzene rings is 10. The van der Waals surface area contributed by atoms with E-state index in [0.29, 0.717) is 50.7 Å². The Morgan fingerprint density at radius 2 is 0.955 bits per heavy atom. The van der Waals surface area contributed by atoms with Crippen molar-refractivity contribution in [3.05, 3.63) is 253 Å². The number of rotatable bonds is 6. The smallest absolute Gasteiger partial charge is 0.268 e. The fourth-order valence-corrected chi connectivity index (χ4v) is 12.7. The van der Waals surface area contributed by atoms with E-state index >= 15 is 0 Å². The number of pyridine rings is 1. The summed E-state index contributed by atoms with van der Waals surface area (Å²) in [4.78, 5) is 4.92. The molecule has 0 spiro atoms. The first kappa shape index (κ1) is 48.9. The van der Waals surface area contributed by atoms with Gasteiger partial charge in [0, 0.05) is 55.1 Å². The van der Waals surface area contributed by atoms with Crippen LogP contribution in [0.25, 0.3) is 122 Å². The molecule has 5 heterocycles. The fraction of sp³-hybridized carbons (Fsp3) is 0.195. The molecule has 0 radical (unpaired) electrons. The molecular formula is C82H71N5OPt-2. The number of nitrogens with zero attached hydrogens (tertiary/aromatic N) is 5. The van der Waals surface area contributed by atoms with Crippen molar-refractivity contribution in [2.45, 2.75) is 105 Å². The van der Waals surface area contributed by atoms with E-state index in [1.807, 2.05) is 88.1 Å². The third-order valence-corrected chi connectivity index (χ3v) is 17.5. The minimum atomic E-state index is -0.564. The largest absolute Gasteiger partial charge is 0.510 e. The molecule has 0 unspecified atom stereocenters. The van der Waals surface area contributed by atoms with E-state index in [0.717, 1.165) is 82.8 Å². The second kappa shape index (κ2) is 21.0. The first-order chi connectivity index (χ1) is 45.5. The monoisotopic (exact) mass is 1340 g/mol. The van der Waals surface area contributed by atoms with Gasteiger partial charge in [0.25, 0.3) is 6.33 Å². The van der Waals surface area contributed by atoms with Gasteiger partial charge in [-0.05, 0) is 142 Å². The minimum Gasteiger partial charge on any atom is -0.510 e. The van der Waals surface area contributed by atoms with Gasteiger partial charge < -0.3 is 18.4 Å². The Morgan fingerprint density at radius 1 is 0.438 bits per heavy atom. The Bertz CT molecular complexity index is 5590. The molecule has 1 aliphatic heterocycles. The molecule has 0 saturated heterocycles. The number of fused-ring (bicyclic) bond motifs is 13. The number of ether oxygens (including phenoxy) is 1. The molecular weight excluding hydrogens is 1270 g/mol. The number of hydrogen-bond donors (Lipinski definition) is 0. The molecule has 1 aliphatic rings. The number of para-hydroxylation sites is 3. The van der Waals surface area contributed by atoms with Crippen LogP contribution in [0.4, 0.5) is 0 Å². The van der Waals surface area contributed by atoms with Gasteiger partial charge >= 0.3 is 0 Å². The molecule has 10 aromatic carbocycles. The topological polar surface area (TPSA) is 40.8 Å². The molecule has 89 heavy (non-hydrogen) atoms. The fourth-order valence-electron chi connectivity index (χ4n) is 12.7. The van der Waals surface area contributed by atoms with Crippen LogP contribution in [0.1, 0.15) is 116 Å². The normalized spacial score (nSPS) is 13.9. The van der Waals surface area contributed by atoms with Gasteiger partial charge in [-0.15, -0.1) is 29.7 Å². The van der Waals surface area contributed by atoms with Crippen molar-refractivity contribution < 1.29 is 41.3 Å². The Kier molecular flexibility index (Phi) is 11.5. The summed E-state index contributed by atoms with van der Waals surface area (Å²) in [7, 11) is 0. The molecule has 14 aromatic rings. The summed E-state index contributed by atoms with van der Waals surface area (Å²) >= 11 is 0. The van der Waals surface area contributed by atoms with Crippen molar-refractivity contribution in [2.75, 3.05) is 0 Å². The number of hydrogen-bond acceptors (Lipinski definition) is 2. The van der Waals surface area contributed by atoms with Gasteiger partial charge in [-0.3, -0.25) is 4.57 Å². The van der Waals surface area contributed by atoms with Gasteiger partial charge in [-0.25, -0.2) is 4.98 Å². The van der Waals surface area contributed by atoms with Crippen LogP contribution in [0, 0.1) is 18.5 Å². The zero-order valence-electron chi connectivity index (χ0n) is 60.0. The van der Waals surface area contributed by atoms with Gasteiger partial charge in [0.1, 0.15) is 5.82 Å². The summed E-state index contributed by atoms with van der Waals surface area (Å²) in [6.45, 7) is 26.1. The average molecular weight is 1350 g/mol. The maximum Gasteiger partial charge on any atom is 0.268 e. The van der Waals surface area contributed by atoms with Crippen molar-refractivity contribution in [3.63, 3.8) is 0 Å². The first-order valence-corrected chi connectivity index (χ1v) is 30.2.